The number of halogens is 2. The Balaban J connectivity index is 1.30. The third kappa shape index (κ3) is 4.46. The van der Waals surface area contributed by atoms with Gasteiger partial charge in [0.1, 0.15) is 11.6 Å². The van der Waals surface area contributed by atoms with Gasteiger partial charge < -0.3 is 4.90 Å². The summed E-state index contributed by atoms with van der Waals surface area (Å²) in [6.45, 7) is 10.7. The maximum Gasteiger partial charge on any atom is 0.123 e. The second-order valence-corrected chi connectivity index (χ2v) is 8.78. The van der Waals surface area contributed by atoms with Gasteiger partial charge in [-0.3, -0.25) is 9.80 Å². The minimum Gasteiger partial charge on any atom is -0.369 e. The Bertz CT molecular complexity index is 788. The molecule has 4 rings (SSSR count). The lowest BCUT2D eigenvalue weighted by Gasteiger charge is -2.47. The SMILES string of the molecule is CC(C)(c1ccc(F)cc1)N1CCC(N2CCN(c3ccc(F)cc3)CC2)CC1. The van der Waals surface area contributed by atoms with Gasteiger partial charge in [-0.2, -0.15) is 0 Å². The first-order chi connectivity index (χ1) is 13.9. The predicted octanol–water partition coefficient (Wildman–Crippen LogP) is 4.49. The van der Waals surface area contributed by atoms with Crippen LogP contribution in [0.2, 0.25) is 0 Å². The van der Waals surface area contributed by atoms with E-state index in [-0.39, 0.29) is 17.2 Å². The van der Waals surface area contributed by atoms with E-state index in [4.69, 9.17) is 0 Å². The standard InChI is InChI=1S/C24H31F2N3/c1-24(2,19-3-5-20(25)6-4-19)29-13-11-23(12-14-29)28-17-15-27(16-18-28)22-9-7-21(26)8-10-22/h3-10,23H,11-18H2,1-2H3. The Labute approximate surface area is 172 Å². The molecule has 0 aromatic heterocycles. The van der Waals surface area contributed by atoms with Crippen LogP contribution < -0.4 is 4.90 Å². The summed E-state index contributed by atoms with van der Waals surface area (Å²) in [5.41, 5.74) is 2.20. The van der Waals surface area contributed by atoms with E-state index < -0.39 is 0 Å². The van der Waals surface area contributed by atoms with Crippen molar-refractivity contribution in [2.75, 3.05) is 44.2 Å². The summed E-state index contributed by atoms with van der Waals surface area (Å²) < 4.78 is 26.4. The minimum atomic E-state index is -0.178. The molecular weight excluding hydrogens is 368 g/mol. The first-order valence-corrected chi connectivity index (χ1v) is 10.7. The summed E-state index contributed by atoms with van der Waals surface area (Å²) >= 11 is 0. The van der Waals surface area contributed by atoms with Crippen LogP contribution in [0.25, 0.3) is 0 Å². The normalized spacial score (nSPS) is 20.2. The second-order valence-electron chi connectivity index (χ2n) is 8.78. The van der Waals surface area contributed by atoms with E-state index in [0.29, 0.717) is 6.04 Å². The van der Waals surface area contributed by atoms with Crippen LogP contribution in [0.1, 0.15) is 32.3 Å². The summed E-state index contributed by atoms with van der Waals surface area (Å²) in [4.78, 5) is 7.51. The van der Waals surface area contributed by atoms with E-state index in [0.717, 1.165) is 45.0 Å². The first-order valence-electron chi connectivity index (χ1n) is 10.7. The molecule has 2 aromatic carbocycles. The molecule has 0 bridgehead atoms. The van der Waals surface area contributed by atoms with Crippen molar-refractivity contribution in [1.29, 1.82) is 0 Å². The lowest BCUT2D eigenvalue weighted by atomic mass is 9.89. The molecule has 2 heterocycles. The fraction of sp³-hybridized carbons (Fsp3) is 0.500. The average Bonchev–Trinajstić information content (AvgIpc) is 2.75. The van der Waals surface area contributed by atoms with Crippen LogP contribution in [0.15, 0.2) is 48.5 Å². The molecule has 5 heteroatoms. The van der Waals surface area contributed by atoms with Crippen LogP contribution in [0.3, 0.4) is 0 Å². The summed E-state index contributed by atoms with van der Waals surface area (Å²) in [6, 6.07) is 14.4. The Morgan fingerprint density at radius 1 is 0.724 bits per heavy atom. The highest BCUT2D eigenvalue weighted by molar-refractivity contribution is 5.46. The van der Waals surface area contributed by atoms with Crippen LogP contribution in [0, 0.1) is 11.6 Å². The van der Waals surface area contributed by atoms with E-state index >= 15 is 0 Å². The monoisotopic (exact) mass is 399 g/mol. The molecule has 156 valence electrons. The molecular formula is C24H31F2N3. The number of hydrogen-bond acceptors (Lipinski definition) is 3. The quantitative estimate of drug-likeness (QED) is 0.750. The predicted molar refractivity (Wildman–Crippen MR) is 114 cm³/mol. The molecule has 0 unspecified atom stereocenters. The van der Waals surface area contributed by atoms with Gasteiger partial charge in [0.25, 0.3) is 0 Å². The van der Waals surface area contributed by atoms with E-state index in [2.05, 4.69) is 28.5 Å². The fourth-order valence-electron chi connectivity index (χ4n) is 4.83. The molecule has 2 aliphatic rings. The molecule has 0 spiro atoms. The fourth-order valence-corrected chi connectivity index (χ4v) is 4.83. The maximum atomic E-state index is 13.3. The zero-order valence-electron chi connectivity index (χ0n) is 17.5. The smallest absolute Gasteiger partial charge is 0.123 e. The Morgan fingerprint density at radius 3 is 1.79 bits per heavy atom. The van der Waals surface area contributed by atoms with Gasteiger partial charge in [-0.1, -0.05) is 12.1 Å². The maximum absolute atomic E-state index is 13.3. The van der Waals surface area contributed by atoms with Crippen molar-refractivity contribution in [2.24, 2.45) is 0 Å². The number of hydrogen-bond donors (Lipinski definition) is 0. The van der Waals surface area contributed by atoms with Crippen LogP contribution in [0.4, 0.5) is 14.5 Å². The van der Waals surface area contributed by atoms with Gasteiger partial charge >= 0.3 is 0 Å². The van der Waals surface area contributed by atoms with Crippen molar-refractivity contribution in [1.82, 2.24) is 9.80 Å². The molecule has 0 aliphatic carbocycles. The van der Waals surface area contributed by atoms with Gasteiger partial charge in [0, 0.05) is 56.5 Å². The molecule has 3 nitrogen and oxygen atoms in total. The molecule has 2 aliphatic heterocycles. The van der Waals surface area contributed by atoms with Crippen molar-refractivity contribution in [3.05, 3.63) is 65.7 Å². The highest BCUT2D eigenvalue weighted by Gasteiger charge is 2.34. The lowest BCUT2D eigenvalue weighted by Crippen LogP contribution is -2.55. The zero-order chi connectivity index (χ0) is 20.4. The second kappa shape index (κ2) is 8.41. The molecule has 0 atom stereocenters. The van der Waals surface area contributed by atoms with Gasteiger partial charge in [-0.25, -0.2) is 8.78 Å². The van der Waals surface area contributed by atoms with Crippen LogP contribution in [0.5, 0.6) is 0 Å². The molecule has 2 fully saturated rings. The molecule has 0 saturated carbocycles. The topological polar surface area (TPSA) is 9.72 Å². The molecule has 0 radical (unpaired) electrons. The van der Waals surface area contributed by atoms with Gasteiger partial charge in [-0.15, -0.1) is 0 Å². The van der Waals surface area contributed by atoms with Crippen molar-refractivity contribution in [3.8, 4) is 0 Å². The molecule has 2 saturated heterocycles. The number of benzene rings is 2. The van der Waals surface area contributed by atoms with Crippen molar-refractivity contribution in [3.63, 3.8) is 0 Å². The van der Waals surface area contributed by atoms with E-state index in [1.54, 1.807) is 24.3 Å². The van der Waals surface area contributed by atoms with E-state index in [1.165, 1.54) is 18.4 Å². The Hall–Kier alpha value is -1.98. The number of anilines is 1. The van der Waals surface area contributed by atoms with Crippen LogP contribution >= 0.6 is 0 Å². The molecule has 0 N–H and O–H groups in total. The van der Waals surface area contributed by atoms with Crippen molar-refractivity contribution < 1.29 is 8.78 Å². The molecule has 0 amide bonds. The summed E-state index contributed by atoms with van der Waals surface area (Å²) in [6.07, 6.45) is 2.34. The first kappa shape index (κ1) is 20.3. The summed E-state index contributed by atoms with van der Waals surface area (Å²) in [7, 11) is 0. The molecule has 29 heavy (non-hydrogen) atoms. The Kier molecular flexibility index (Phi) is 5.88. The zero-order valence-corrected chi connectivity index (χ0v) is 17.5. The highest BCUT2D eigenvalue weighted by Crippen LogP contribution is 2.32. The van der Waals surface area contributed by atoms with Crippen LogP contribution in [-0.2, 0) is 5.54 Å². The minimum absolute atomic E-state index is 0.0834. The van der Waals surface area contributed by atoms with Gasteiger partial charge in [-0.05, 0) is 68.7 Å². The average molecular weight is 400 g/mol. The van der Waals surface area contributed by atoms with Crippen LogP contribution in [-0.4, -0.2) is 55.1 Å². The van der Waals surface area contributed by atoms with E-state index in [1.807, 2.05) is 24.3 Å². The largest absolute Gasteiger partial charge is 0.369 e. The third-order valence-corrected chi connectivity index (χ3v) is 6.83. The van der Waals surface area contributed by atoms with E-state index in [9.17, 15) is 8.78 Å². The van der Waals surface area contributed by atoms with Gasteiger partial charge in [0.05, 0.1) is 0 Å². The summed E-state index contributed by atoms with van der Waals surface area (Å²) in [5.74, 6) is -0.356. The molecule has 2 aromatic rings. The van der Waals surface area contributed by atoms with Gasteiger partial charge in [0.2, 0.25) is 0 Å². The summed E-state index contributed by atoms with van der Waals surface area (Å²) in [5, 5.41) is 0. The van der Waals surface area contributed by atoms with Crippen molar-refractivity contribution >= 4 is 5.69 Å². The number of nitrogens with zero attached hydrogens (tertiary/aromatic N) is 3. The highest BCUT2D eigenvalue weighted by atomic mass is 19.1. The number of likely N-dealkylation sites (tertiary alicyclic amines) is 1. The van der Waals surface area contributed by atoms with Gasteiger partial charge in [0.15, 0.2) is 0 Å². The third-order valence-electron chi connectivity index (χ3n) is 6.83. The van der Waals surface area contributed by atoms with Crippen molar-refractivity contribution in [2.45, 2.75) is 38.3 Å². The Morgan fingerprint density at radius 2 is 1.24 bits per heavy atom. The number of piperazine rings is 1. The number of piperidine rings is 1. The lowest BCUT2D eigenvalue weighted by molar-refractivity contribution is 0.0443. The number of rotatable bonds is 4.